The number of thioether (sulfide) groups is 1. The second-order valence-electron chi connectivity index (χ2n) is 5.76. The molecule has 0 radical (unpaired) electrons. The topological polar surface area (TPSA) is 57.8 Å². The standard InChI is InChI=1S/C19H20ClN3O2S/c1-4-23(5-2)17-9-8-14(25-17)11-16-18(24)22-19(26-16)21-15-10-13(20)7-6-12(15)3/h6-11H,4-5H2,1-3H3,(H,21,22,24)/b16-11-. The van der Waals surface area contributed by atoms with Crippen molar-refractivity contribution in [2.24, 2.45) is 4.99 Å². The molecule has 1 saturated heterocycles. The molecule has 1 N–H and O–H groups in total. The smallest absolute Gasteiger partial charge is 0.264 e. The lowest BCUT2D eigenvalue weighted by molar-refractivity contribution is -0.115. The Labute approximate surface area is 162 Å². The van der Waals surface area contributed by atoms with Gasteiger partial charge in [0, 0.05) is 30.3 Å². The van der Waals surface area contributed by atoms with Crippen molar-refractivity contribution >= 4 is 52.1 Å². The van der Waals surface area contributed by atoms with E-state index in [4.69, 9.17) is 16.0 Å². The maximum absolute atomic E-state index is 12.2. The van der Waals surface area contributed by atoms with Crippen molar-refractivity contribution in [1.29, 1.82) is 0 Å². The number of carbonyl (C=O) groups excluding carboxylic acids is 1. The lowest BCUT2D eigenvalue weighted by Crippen LogP contribution is -2.20. The molecule has 3 rings (SSSR count). The van der Waals surface area contributed by atoms with Crippen molar-refractivity contribution < 1.29 is 9.21 Å². The molecule has 1 aliphatic heterocycles. The minimum atomic E-state index is -0.186. The van der Waals surface area contributed by atoms with E-state index < -0.39 is 0 Å². The highest BCUT2D eigenvalue weighted by molar-refractivity contribution is 8.18. The minimum Gasteiger partial charge on any atom is -0.441 e. The summed E-state index contributed by atoms with van der Waals surface area (Å²) in [7, 11) is 0. The summed E-state index contributed by atoms with van der Waals surface area (Å²) in [5.41, 5.74) is 1.73. The highest BCUT2D eigenvalue weighted by Crippen LogP contribution is 2.31. The average molecular weight is 390 g/mol. The van der Waals surface area contributed by atoms with Gasteiger partial charge in [-0.2, -0.15) is 0 Å². The quantitative estimate of drug-likeness (QED) is 0.732. The van der Waals surface area contributed by atoms with Crippen LogP contribution in [0.25, 0.3) is 6.08 Å². The van der Waals surface area contributed by atoms with Crippen molar-refractivity contribution in [3.63, 3.8) is 0 Å². The Hall–Kier alpha value is -2.18. The summed E-state index contributed by atoms with van der Waals surface area (Å²) >= 11 is 7.31. The van der Waals surface area contributed by atoms with Crippen molar-refractivity contribution in [2.75, 3.05) is 18.0 Å². The number of furan rings is 1. The second-order valence-corrected chi connectivity index (χ2v) is 7.23. The number of anilines is 1. The zero-order valence-corrected chi connectivity index (χ0v) is 16.4. The normalized spacial score (nSPS) is 17.2. The van der Waals surface area contributed by atoms with Crippen LogP contribution in [0.2, 0.25) is 5.02 Å². The van der Waals surface area contributed by atoms with Gasteiger partial charge in [-0.15, -0.1) is 0 Å². The fourth-order valence-electron chi connectivity index (χ4n) is 2.55. The molecule has 0 atom stereocenters. The van der Waals surface area contributed by atoms with E-state index in [-0.39, 0.29) is 5.91 Å². The Morgan fingerprint density at radius 1 is 1.27 bits per heavy atom. The first-order chi connectivity index (χ1) is 12.5. The first-order valence-corrected chi connectivity index (χ1v) is 9.60. The van der Waals surface area contributed by atoms with Crippen LogP contribution in [0.1, 0.15) is 25.2 Å². The van der Waals surface area contributed by atoms with Gasteiger partial charge < -0.3 is 14.6 Å². The molecule has 0 bridgehead atoms. The lowest BCUT2D eigenvalue weighted by Gasteiger charge is -2.16. The summed E-state index contributed by atoms with van der Waals surface area (Å²) in [5.74, 6) is 1.26. The number of amides is 1. The Bertz CT molecular complexity index is 885. The van der Waals surface area contributed by atoms with E-state index >= 15 is 0 Å². The van der Waals surface area contributed by atoms with Crippen LogP contribution in [0.3, 0.4) is 0 Å². The highest BCUT2D eigenvalue weighted by Gasteiger charge is 2.24. The van der Waals surface area contributed by atoms with E-state index in [2.05, 4.69) is 29.1 Å². The number of hydrogen-bond acceptors (Lipinski definition) is 5. The Kier molecular flexibility index (Phi) is 5.74. The molecule has 2 aromatic rings. The van der Waals surface area contributed by atoms with Gasteiger partial charge in [0.2, 0.25) is 0 Å². The number of carbonyl (C=O) groups is 1. The van der Waals surface area contributed by atoms with Crippen molar-refractivity contribution in [2.45, 2.75) is 20.8 Å². The largest absolute Gasteiger partial charge is 0.441 e. The third-order valence-electron chi connectivity index (χ3n) is 4.01. The summed E-state index contributed by atoms with van der Waals surface area (Å²) in [6, 6.07) is 9.28. The molecule has 0 saturated carbocycles. The summed E-state index contributed by atoms with van der Waals surface area (Å²) in [4.78, 5) is 19.4. The molecule has 1 aliphatic rings. The molecule has 0 unspecified atom stereocenters. The van der Waals surface area contributed by atoms with E-state index in [9.17, 15) is 4.79 Å². The number of rotatable bonds is 5. The molecule has 7 heteroatoms. The molecular formula is C19H20ClN3O2S. The van der Waals surface area contributed by atoms with Crippen molar-refractivity contribution in [3.8, 4) is 0 Å². The molecule has 136 valence electrons. The molecule has 5 nitrogen and oxygen atoms in total. The van der Waals surface area contributed by atoms with Crippen molar-refractivity contribution in [3.05, 3.63) is 51.6 Å². The molecular weight excluding hydrogens is 370 g/mol. The van der Waals surface area contributed by atoms with Gasteiger partial charge in [-0.1, -0.05) is 17.7 Å². The fraction of sp³-hybridized carbons (Fsp3) is 0.263. The fourth-order valence-corrected chi connectivity index (χ4v) is 3.53. The zero-order chi connectivity index (χ0) is 18.7. The highest BCUT2D eigenvalue weighted by atomic mass is 35.5. The minimum absolute atomic E-state index is 0.186. The molecule has 1 aromatic heterocycles. The number of nitrogens with zero attached hydrogens (tertiary/aromatic N) is 2. The van der Waals surface area contributed by atoms with E-state index in [1.807, 2.05) is 31.2 Å². The van der Waals surface area contributed by atoms with Crippen LogP contribution in [0, 0.1) is 6.92 Å². The molecule has 0 spiro atoms. The van der Waals surface area contributed by atoms with Gasteiger partial charge in [-0.05, 0) is 56.3 Å². The zero-order valence-electron chi connectivity index (χ0n) is 14.9. The van der Waals surface area contributed by atoms with Crippen LogP contribution >= 0.6 is 23.4 Å². The van der Waals surface area contributed by atoms with Gasteiger partial charge in [0.25, 0.3) is 5.91 Å². The first kappa shape index (κ1) is 18.6. The van der Waals surface area contributed by atoms with Gasteiger partial charge in [-0.25, -0.2) is 4.99 Å². The maximum atomic E-state index is 12.2. The monoisotopic (exact) mass is 389 g/mol. The molecule has 1 fully saturated rings. The van der Waals surface area contributed by atoms with Gasteiger partial charge in [0.15, 0.2) is 11.1 Å². The third-order valence-corrected chi connectivity index (χ3v) is 5.15. The van der Waals surface area contributed by atoms with Crippen LogP contribution in [0.15, 0.2) is 44.6 Å². The molecule has 0 aliphatic carbocycles. The Morgan fingerprint density at radius 2 is 2.04 bits per heavy atom. The van der Waals surface area contributed by atoms with Crippen LogP contribution in [-0.2, 0) is 4.79 Å². The second kappa shape index (κ2) is 8.01. The van der Waals surface area contributed by atoms with E-state index in [1.165, 1.54) is 11.8 Å². The molecule has 1 aromatic carbocycles. The Balaban J connectivity index is 1.80. The predicted molar refractivity (Wildman–Crippen MR) is 109 cm³/mol. The number of hydrogen-bond donors (Lipinski definition) is 1. The number of aryl methyl sites for hydroxylation is 1. The van der Waals surface area contributed by atoms with E-state index in [1.54, 1.807) is 12.1 Å². The summed E-state index contributed by atoms with van der Waals surface area (Å²) in [5, 5.41) is 3.92. The number of aliphatic imine (C=N–C) groups is 1. The number of amidine groups is 1. The van der Waals surface area contributed by atoms with Crippen LogP contribution < -0.4 is 10.2 Å². The van der Waals surface area contributed by atoms with Crippen LogP contribution in [0.4, 0.5) is 11.6 Å². The third kappa shape index (κ3) is 4.14. The number of benzene rings is 1. The summed E-state index contributed by atoms with van der Waals surface area (Å²) in [6.45, 7) is 7.83. The van der Waals surface area contributed by atoms with Crippen molar-refractivity contribution in [1.82, 2.24) is 5.32 Å². The average Bonchev–Trinajstić information content (AvgIpc) is 3.20. The first-order valence-electron chi connectivity index (χ1n) is 8.40. The summed E-state index contributed by atoms with van der Waals surface area (Å²) in [6.07, 6.45) is 1.74. The number of halogens is 1. The maximum Gasteiger partial charge on any atom is 0.264 e. The van der Waals surface area contributed by atoms with Gasteiger partial charge in [0.1, 0.15) is 5.76 Å². The SMILES string of the molecule is CCN(CC)c1ccc(/C=C2\SC(=Nc3cc(Cl)ccc3C)NC2=O)o1. The Morgan fingerprint density at radius 3 is 2.77 bits per heavy atom. The number of nitrogens with one attached hydrogen (secondary N) is 1. The van der Waals surface area contributed by atoms with Gasteiger partial charge in [-0.3, -0.25) is 4.79 Å². The lowest BCUT2D eigenvalue weighted by atomic mass is 10.2. The predicted octanol–water partition coefficient (Wildman–Crippen LogP) is 4.98. The van der Waals surface area contributed by atoms with Crippen LogP contribution in [0.5, 0.6) is 0 Å². The molecule has 1 amide bonds. The van der Waals surface area contributed by atoms with Gasteiger partial charge in [0.05, 0.1) is 10.6 Å². The molecule has 26 heavy (non-hydrogen) atoms. The summed E-state index contributed by atoms with van der Waals surface area (Å²) < 4.78 is 5.83. The van der Waals surface area contributed by atoms with E-state index in [0.717, 1.165) is 30.2 Å². The van der Waals surface area contributed by atoms with Gasteiger partial charge >= 0.3 is 0 Å². The molecule has 2 heterocycles. The van der Waals surface area contributed by atoms with E-state index in [0.29, 0.717) is 20.9 Å². The van der Waals surface area contributed by atoms with Crippen LogP contribution in [-0.4, -0.2) is 24.2 Å².